The van der Waals surface area contributed by atoms with Gasteiger partial charge in [-0.1, -0.05) is 0 Å². The smallest absolute Gasteiger partial charge is 0.404 e. The van der Waals surface area contributed by atoms with Gasteiger partial charge in [0.15, 0.2) is 0 Å². The maximum Gasteiger partial charge on any atom is 0.404 e. The average Bonchev–Trinajstić information content (AvgIpc) is 2.17. The summed E-state index contributed by atoms with van der Waals surface area (Å²) in [6, 6.07) is 1.13. The van der Waals surface area contributed by atoms with Crippen molar-refractivity contribution in [1.29, 1.82) is 0 Å². The predicted molar refractivity (Wildman–Crippen MR) is 48.5 cm³/mol. The van der Waals surface area contributed by atoms with E-state index in [-0.39, 0.29) is 6.42 Å². The van der Waals surface area contributed by atoms with Crippen LogP contribution in [-0.4, -0.2) is 24.3 Å². The van der Waals surface area contributed by atoms with Crippen molar-refractivity contribution in [2.45, 2.75) is 18.6 Å². The topological polar surface area (TPSA) is 48.1 Å². The van der Waals surface area contributed by atoms with Crippen LogP contribution in [0.1, 0.15) is 5.69 Å². The molecule has 0 saturated heterocycles. The molecule has 0 aliphatic carbocycles. The van der Waals surface area contributed by atoms with Crippen molar-refractivity contribution < 1.29 is 17.9 Å². The Balaban J connectivity index is 2.65. The standard InChI is InChI=1S/C9H11F3N2O/c1-15-7-3-2-6(14-5-7)4-8(13)9(10,11)12/h2-3,5,8H,4,13H2,1H3. The number of pyridine rings is 1. The van der Waals surface area contributed by atoms with E-state index in [1.165, 1.54) is 19.4 Å². The molecule has 1 unspecified atom stereocenters. The van der Waals surface area contributed by atoms with Crippen LogP contribution in [0.2, 0.25) is 0 Å². The van der Waals surface area contributed by atoms with Crippen molar-refractivity contribution in [3.05, 3.63) is 24.0 Å². The van der Waals surface area contributed by atoms with E-state index in [2.05, 4.69) is 4.98 Å². The molecule has 0 spiro atoms. The Bertz CT molecular complexity index is 310. The largest absolute Gasteiger partial charge is 0.495 e. The quantitative estimate of drug-likeness (QED) is 0.840. The third kappa shape index (κ3) is 3.39. The van der Waals surface area contributed by atoms with Crippen LogP contribution in [-0.2, 0) is 6.42 Å². The lowest BCUT2D eigenvalue weighted by molar-refractivity contribution is -0.147. The molecule has 0 amide bonds. The number of hydrogen-bond donors (Lipinski definition) is 1. The highest BCUT2D eigenvalue weighted by Crippen LogP contribution is 2.21. The van der Waals surface area contributed by atoms with Gasteiger partial charge in [-0.25, -0.2) is 0 Å². The van der Waals surface area contributed by atoms with Crippen LogP contribution in [0.5, 0.6) is 5.75 Å². The highest BCUT2D eigenvalue weighted by atomic mass is 19.4. The Hall–Kier alpha value is -1.30. The van der Waals surface area contributed by atoms with E-state index in [9.17, 15) is 13.2 Å². The second kappa shape index (κ2) is 4.48. The molecule has 0 aliphatic rings. The van der Waals surface area contributed by atoms with Gasteiger partial charge in [-0.2, -0.15) is 13.2 Å². The number of halogens is 3. The van der Waals surface area contributed by atoms with Crippen LogP contribution in [0, 0.1) is 0 Å². The van der Waals surface area contributed by atoms with Crippen molar-refractivity contribution in [2.24, 2.45) is 5.73 Å². The summed E-state index contributed by atoms with van der Waals surface area (Å²) in [5.41, 5.74) is 5.25. The fraction of sp³-hybridized carbons (Fsp3) is 0.444. The Kier molecular flexibility index (Phi) is 3.52. The summed E-state index contributed by atoms with van der Waals surface area (Å²) >= 11 is 0. The Labute approximate surface area is 85.1 Å². The minimum absolute atomic E-state index is 0.292. The van der Waals surface area contributed by atoms with E-state index in [4.69, 9.17) is 10.5 Å². The van der Waals surface area contributed by atoms with E-state index in [1.54, 1.807) is 6.07 Å². The molecule has 0 radical (unpaired) electrons. The molecule has 1 aromatic heterocycles. The number of methoxy groups -OCH3 is 1. The van der Waals surface area contributed by atoms with Gasteiger partial charge in [0, 0.05) is 12.1 Å². The van der Waals surface area contributed by atoms with E-state index >= 15 is 0 Å². The zero-order valence-electron chi connectivity index (χ0n) is 8.08. The summed E-state index contributed by atoms with van der Waals surface area (Å²) in [4.78, 5) is 3.80. The van der Waals surface area contributed by atoms with Crippen molar-refractivity contribution in [1.82, 2.24) is 4.98 Å². The number of nitrogens with two attached hydrogens (primary N) is 1. The SMILES string of the molecule is COc1ccc(CC(N)C(F)(F)F)nc1. The number of alkyl halides is 3. The van der Waals surface area contributed by atoms with E-state index < -0.39 is 12.2 Å². The lowest BCUT2D eigenvalue weighted by Crippen LogP contribution is -2.39. The molecule has 1 aromatic rings. The molecule has 1 heterocycles. The third-order valence-electron chi connectivity index (χ3n) is 1.88. The summed E-state index contributed by atoms with van der Waals surface area (Å²) < 4.78 is 41.1. The zero-order valence-corrected chi connectivity index (χ0v) is 8.08. The Morgan fingerprint density at radius 2 is 2.13 bits per heavy atom. The van der Waals surface area contributed by atoms with Crippen molar-refractivity contribution in [2.75, 3.05) is 7.11 Å². The maximum atomic E-state index is 12.1. The van der Waals surface area contributed by atoms with Gasteiger partial charge in [-0.15, -0.1) is 0 Å². The van der Waals surface area contributed by atoms with Gasteiger partial charge in [0.25, 0.3) is 0 Å². The van der Waals surface area contributed by atoms with Crippen LogP contribution >= 0.6 is 0 Å². The first-order chi connectivity index (χ1) is 6.93. The van der Waals surface area contributed by atoms with Crippen LogP contribution in [0.25, 0.3) is 0 Å². The van der Waals surface area contributed by atoms with Crippen LogP contribution in [0.4, 0.5) is 13.2 Å². The van der Waals surface area contributed by atoms with Gasteiger partial charge in [0.1, 0.15) is 11.8 Å². The minimum Gasteiger partial charge on any atom is -0.495 e. The van der Waals surface area contributed by atoms with Crippen LogP contribution < -0.4 is 10.5 Å². The van der Waals surface area contributed by atoms with Crippen molar-refractivity contribution in [3.63, 3.8) is 0 Å². The fourth-order valence-corrected chi connectivity index (χ4v) is 0.993. The number of rotatable bonds is 3. The first-order valence-electron chi connectivity index (χ1n) is 4.24. The van der Waals surface area contributed by atoms with E-state index in [0.717, 1.165) is 0 Å². The molecule has 2 N–H and O–H groups in total. The molecule has 0 aromatic carbocycles. The molecule has 0 aliphatic heterocycles. The molecule has 0 fully saturated rings. The van der Waals surface area contributed by atoms with Gasteiger partial charge in [0.05, 0.1) is 13.3 Å². The third-order valence-corrected chi connectivity index (χ3v) is 1.88. The number of hydrogen-bond acceptors (Lipinski definition) is 3. The lowest BCUT2D eigenvalue weighted by atomic mass is 10.1. The summed E-state index contributed by atoms with van der Waals surface area (Å²) in [5, 5.41) is 0. The molecular formula is C9H11F3N2O. The molecule has 84 valence electrons. The first kappa shape index (κ1) is 11.8. The average molecular weight is 220 g/mol. The molecule has 3 nitrogen and oxygen atoms in total. The minimum atomic E-state index is -4.39. The monoisotopic (exact) mass is 220 g/mol. The number of aromatic nitrogens is 1. The second-order valence-electron chi connectivity index (χ2n) is 3.04. The van der Waals surface area contributed by atoms with E-state index in [0.29, 0.717) is 11.4 Å². The molecule has 1 rings (SSSR count). The predicted octanol–water partition coefficient (Wildman–Crippen LogP) is 1.52. The summed E-state index contributed by atoms with van der Waals surface area (Å²) in [6.07, 6.45) is -3.35. The van der Waals surface area contributed by atoms with Crippen LogP contribution in [0.3, 0.4) is 0 Å². The van der Waals surface area contributed by atoms with Gasteiger partial charge in [-0.05, 0) is 12.1 Å². The Morgan fingerprint density at radius 1 is 1.47 bits per heavy atom. The summed E-state index contributed by atoms with van der Waals surface area (Å²) in [7, 11) is 1.46. The van der Waals surface area contributed by atoms with Gasteiger partial charge in [-0.3, -0.25) is 4.98 Å². The lowest BCUT2D eigenvalue weighted by Gasteiger charge is -2.14. The van der Waals surface area contributed by atoms with Crippen molar-refractivity contribution in [3.8, 4) is 5.75 Å². The van der Waals surface area contributed by atoms with Gasteiger partial charge < -0.3 is 10.5 Å². The van der Waals surface area contributed by atoms with E-state index in [1.807, 2.05) is 0 Å². The maximum absolute atomic E-state index is 12.1. The number of ether oxygens (including phenoxy) is 1. The second-order valence-corrected chi connectivity index (χ2v) is 3.04. The molecule has 0 bridgehead atoms. The van der Waals surface area contributed by atoms with Crippen LogP contribution in [0.15, 0.2) is 18.3 Å². The fourth-order valence-electron chi connectivity index (χ4n) is 0.993. The first-order valence-corrected chi connectivity index (χ1v) is 4.24. The summed E-state index contributed by atoms with van der Waals surface area (Å²) in [6.45, 7) is 0. The van der Waals surface area contributed by atoms with Gasteiger partial charge >= 0.3 is 6.18 Å². The number of nitrogens with zero attached hydrogens (tertiary/aromatic N) is 1. The van der Waals surface area contributed by atoms with Gasteiger partial charge in [0.2, 0.25) is 0 Å². The highest BCUT2D eigenvalue weighted by Gasteiger charge is 2.36. The highest BCUT2D eigenvalue weighted by molar-refractivity contribution is 5.20. The molecule has 1 atom stereocenters. The zero-order chi connectivity index (χ0) is 11.5. The molecule has 15 heavy (non-hydrogen) atoms. The molecular weight excluding hydrogens is 209 g/mol. The normalized spacial score (nSPS) is 13.7. The summed E-state index contributed by atoms with van der Waals surface area (Å²) in [5.74, 6) is 0.499. The Morgan fingerprint density at radius 3 is 2.53 bits per heavy atom. The van der Waals surface area contributed by atoms with Crippen molar-refractivity contribution >= 4 is 0 Å². The molecule has 0 saturated carbocycles. The molecule has 6 heteroatoms.